The number of hydrogen-bond acceptors (Lipinski definition) is 1. The van der Waals surface area contributed by atoms with Gasteiger partial charge < -0.3 is 5.32 Å². The molecule has 0 aromatic rings. The minimum absolute atomic E-state index is 0.0853. The average Bonchev–Trinajstić information content (AvgIpc) is 3.18. The standard InChI is InChI=1S/C13H19BrF3NO/c14-11(8-5-6-8)7-18-12(19)9-3-1-2-4-10(9)13(15,16)17/h8-11H,1-7H2,(H,18,19). The fraction of sp³-hybridized carbons (Fsp3) is 0.923. The summed E-state index contributed by atoms with van der Waals surface area (Å²) in [6, 6.07) is 0. The number of halogens is 4. The van der Waals surface area contributed by atoms with Crippen molar-refractivity contribution in [2.75, 3.05) is 6.54 Å². The molecular formula is C13H19BrF3NO. The van der Waals surface area contributed by atoms with Gasteiger partial charge in [0, 0.05) is 17.3 Å². The second kappa shape index (κ2) is 6.02. The first-order chi connectivity index (χ1) is 8.89. The second-order valence-corrected chi connectivity index (χ2v) is 6.81. The summed E-state index contributed by atoms with van der Waals surface area (Å²) in [7, 11) is 0. The van der Waals surface area contributed by atoms with Crippen LogP contribution < -0.4 is 5.32 Å². The van der Waals surface area contributed by atoms with Crippen LogP contribution >= 0.6 is 15.9 Å². The molecule has 3 unspecified atom stereocenters. The highest BCUT2D eigenvalue weighted by molar-refractivity contribution is 9.09. The van der Waals surface area contributed by atoms with Gasteiger partial charge in [-0.3, -0.25) is 4.79 Å². The van der Waals surface area contributed by atoms with Crippen LogP contribution in [0.2, 0.25) is 0 Å². The lowest BCUT2D eigenvalue weighted by Crippen LogP contribution is -2.44. The second-order valence-electron chi connectivity index (χ2n) is 5.64. The lowest BCUT2D eigenvalue weighted by molar-refractivity contribution is -0.198. The minimum Gasteiger partial charge on any atom is -0.355 e. The van der Waals surface area contributed by atoms with E-state index < -0.39 is 23.9 Å². The van der Waals surface area contributed by atoms with Gasteiger partial charge in [-0.1, -0.05) is 28.8 Å². The Hall–Kier alpha value is -0.260. The van der Waals surface area contributed by atoms with Gasteiger partial charge in [0.1, 0.15) is 0 Å². The number of amides is 1. The highest BCUT2D eigenvalue weighted by atomic mass is 79.9. The van der Waals surface area contributed by atoms with Crippen LogP contribution in [-0.2, 0) is 4.79 Å². The third kappa shape index (κ3) is 4.10. The monoisotopic (exact) mass is 341 g/mol. The van der Waals surface area contributed by atoms with Crippen molar-refractivity contribution in [2.45, 2.75) is 49.5 Å². The van der Waals surface area contributed by atoms with Crippen molar-refractivity contribution in [1.82, 2.24) is 5.32 Å². The third-order valence-electron chi connectivity index (χ3n) is 4.13. The Morgan fingerprint density at radius 1 is 1.21 bits per heavy atom. The molecule has 0 aromatic heterocycles. The molecule has 3 atom stereocenters. The summed E-state index contributed by atoms with van der Waals surface area (Å²) >= 11 is 3.47. The van der Waals surface area contributed by atoms with Gasteiger partial charge in [0.05, 0.1) is 5.92 Å². The molecular weight excluding hydrogens is 323 g/mol. The number of carbonyl (C=O) groups excluding carboxylic acids is 1. The summed E-state index contributed by atoms with van der Waals surface area (Å²) < 4.78 is 38.7. The van der Waals surface area contributed by atoms with E-state index in [4.69, 9.17) is 0 Å². The van der Waals surface area contributed by atoms with Crippen LogP contribution in [0.15, 0.2) is 0 Å². The van der Waals surface area contributed by atoms with E-state index in [0.29, 0.717) is 31.7 Å². The molecule has 0 aromatic carbocycles. The highest BCUT2D eigenvalue weighted by Crippen LogP contribution is 2.41. The van der Waals surface area contributed by atoms with Crippen molar-refractivity contribution < 1.29 is 18.0 Å². The predicted molar refractivity (Wildman–Crippen MR) is 70.0 cm³/mol. The molecule has 2 aliphatic carbocycles. The van der Waals surface area contributed by atoms with E-state index in [2.05, 4.69) is 21.2 Å². The Kier molecular flexibility index (Phi) is 4.79. The molecule has 1 amide bonds. The van der Waals surface area contributed by atoms with Crippen molar-refractivity contribution >= 4 is 21.8 Å². The van der Waals surface area contributed by atoms with Crippen LogP contribution in [0.3, 0.4) is 0 Å². The van der Waals surface area contributed by atoms with Crippen molar-refractivity contribution in [3.63, 3.8) is 0 Å². The van der Waals surface area contributed by atoms with Gasteiger partial charge in [-0.05, 0) is 31.6 Å². The minimum atomic E-state index is -4.26. The molecule has 19 heavy (non-hydrogen) atoms. The molecule has 0 bridgehead atoms. The summed E-state index contributed by atoms with van der Waals surface area (Å²) in [4.78, 5) is 12.2. The predicted octanol–water partition coefficient (Wildman–Crippen LogP) is 3.64. The topological polar surface area (TPSA) is 29.1 Å². The largest absolute Gasteiger partial charge is 0.392 e. The quantitative estimate of drug-likeness (QED) is 0.777. The first-order valence-electron chi connectivity index (χ1n) is 6.88. The summed E-state index contributed by atoms with van der Waals surface area (Å²) in [5.41, 5.74) is 0. The molecule has 6 heteroatoms. The first-order valence-corrected chi connectivity index (χ1v) is 7.79. The Morgan fingerprint density at radius 2 is 1.84 bits per heavy atom. The summed E-state index contributed by atoms with van der Waals surface area (Å²) in [6.07, 6.45) is -0.260. The summed E-state index contributed by atoms with van der Waals surface area (Å²) in [5, 5.41) is 2.69. The van der Waals surface area contributed by atoms with E-state index in [9.17, 15) is 18.0 Å². The molecule has 0 spiro atoms. The SMILES string of the molecule is O=C(NCC(Br)C1CC1)C1CCCCC1C(F)(F)F. The number of rotatable bonds is 4. The van der Waals surface area contributed by atoms with Gasteiger partial charge in [0.15, 0.2) is 0 Å². The molecule has 0 heterocycles. The van der Waals surface area contributed by atoms with Gasteiger partial charge in [-0.15, -0.1) is 0 Å². The smallest absolute Gasteiger partial charge is 0.355 e. The van der Waals surface area contributed by atoms with Crippen molar-refractivity contribution in [3.8, 4) is 0 Å². The molecule has 2 fully saturated rings. The third-order valence-corrected chi connectivity index (χ3v) is 5.20. The van der Waals surface area contributed by atoms with Gasteiger partial charge in [-0.2, -0.15) is 13.2 Å². The zero-order valence-electron chi connectivity index (χ0n) is 10.7. The molecule has 2 nitrogen and oxygen atoms in total. The van der Waals surface area contributed by atoms with E-state index in [1.54, 1.807) is 0 Å². The molecule has 0 saturated heterocycles. The van der Waals surface area contributed by atoms with Crippen LogP contribution in [0.4, 0.5) is 13.2 Å². The molecule has 1 N–H and O–H groups in total. The molecule has 2 aliphatic rings. The van der Waals surface area contributed by atoms with E-state index in [-0.39, 0.29) is 11.2 Å². The van der Waals surface area contributed by atoms with E-state index >= 15 is 0 Å². The first kappa shape index (κ1) is 15.1. The normalized spacial score (nSPS) is 29.9. The van der Waals surface area contributed by atoms with Gasteiger partial charge in [0.25, 0.3) is 0 Å². The molecule has 2 saturated carbocycles. The highest BCUT2D eigenvalue weighted by Gasteiger charge is 2.48. The number of carbonyl (C=O) groups is 1. The van der Waals surface area contributed by atoms with Crippen molar-refractivity contribution in [1.29, 1.82) is 0 Å². The van der Waals surface area contributed by atoms with Crippen molar-refractivity contribution in [3.05, 3.63) is 0 Å². The Bertz CT molecular complexity index is 330. The molecule has 110 valence electrons. The maximum atomic E-state index is 12.9. The molecule has 2 rings (SSSR count). The van der Waals surface area contributed by atoms with E-state index in [1.165, 1.54) is 0 Å². The fourth-order valence-electron chi connectivity index (χ4n) is 2.79. The zero-order chi connectivity index (χ0) is 14.0. The van der Waals surface area contributed by atoms with Gasteiger partial charge in [-0.25, -0.2) is 0 Å². The van der Waals surface area contributed by atoms with Gasteiger partial charge in [0.2, 0.25) is 5.91 Å². The molecule has 0 radical (unpaired) electrons. The van der Waals surface area contributed by atoms with Crippen molar-refractivity contribution in [2.24, 2.45) is 17.8 Å². The van der Waals surface area contributed by atoms with Gasteiger partial charge >= 0.3 is 6.18 Å². The number of alkyl halides is 4. The van der Waals surface area contributed by atoms with Crippen LogP contribution in [0.1, 0.15) is 38.5 Å². The Morgan fingerprint density at radius 3 is 2.42 bits per heavy atom. The molecule has 0 aliphatic heterocycles. The Labute approximate surface area is 119 Å². The van der Waals surface area contributed by atoms with E-state index in [0.717, 1.165) is 12.8 Å². The lowest BCUT2D eigenvalue weighted by atomic mass is 9.78. The van der Waals surface area contributed by atoms with Crippen LogP contribution in [-0.4, -0.2) is 23.5 Å². The van der Waals surface area contributed by atoms with E-state index in [1.807, 2.05) is 0 Å². The maximum Gasteiger partial charge on any atom is 0.392 e. The van der Waals surface area contributed by atoms with Crippen LogP contribution in [0.5, 0.6) is 0 Å². The summed E-state index contributed by atoms with van der Waals surface area (Å²) in [5.74, 6) is -2.21. The summed E-state index contributed by atoms with van der Waals surface area (Å²) in [6.45, 7) is 0.435. The fourth-order valence-corrected chi connectivity index (χ4v) is 3.48. The number of hydrogen-bond donors (Lipinski definition) is 1. The number of nitrogens with one attached hydrogen (secondary N) is 1. The van der Waals surface area contributed by atoms with Crippen LogP contribution in [0.25, 0.3) is 0 Å². The zero-order valence-corrected chi connectivity index (χ0v) is 12.3. The maximum absolute atomic E-state index is 12.9. The lowest BCUT2D eigenvalue weighted by Gasteiger charge is -2.32. The average molecular weight is 342 g/mol. The Balaban J connectivity index is 1.87. The van der Waals surface area contributed by atoms with Crippen LogP contribution in [0, 0.1) is 17.8 Å².